The fourth-order valence-electron chi connectivity index (χ4n) is 1.87. The van der Waals surface area contributed by atoms with Gasteiger partial charge in [0.05, 0.1) is 18.2 Å². The van der Waals surface area contributed by atoms with E-state index in [9.17, 15) is 13.6 Å². The van der Waals surface area contributed by atoms with Gasteiger partial charge in [0.25, 0.3) is 0 Å². The summed E-state index contributed by atoms with van der Waals surface area (Å²) in [6.45, 7) is 1.46. The second kappa shape index (κ2) is 5.28. The fourth-order valence-corrected chi connectivity index (χ4v) is 1.87. The molecule has 0 atom stereocenters. The molecule has 3 nitrogen and oxygen atoms in total. The van der Waals surface area contributed by atoms with Crippen molar-refractivity contribution >= 4 is 11.5 Å². The number of hydrogen-bond donors (Lipinski definition) is 1. The van der Waals surface area contributed by atoms with Gasteiger partial charge < -0.3 is 10.5 Å². The monoisotopic (exact) mass is 277 g/mol. The summed E-state index contributed by atoms with van der Waals surface area (Å²) in [5.74, 6) is -1.93. The minimum Gasteiger partial charge on any atom is -0.496 e. The van der Waals surface area contributed by atoms with Crippen LogP contribution in [0.4, 0.5) is 14.5 Å². The van der Waals surface area contributed by atoms with Gasteiger partial charge in [0.15, 0.2) is 5.78 Å². The van der Waals surface area contributed by atoms with E-state index in [2.05, 4.69) is 0 Å². The Balaban J connectivity index is 2.54. The van der Waals surface area contributed by atoms with Crippen molar-refractivity contribution in [3.63, 3.8) is 0 Å². The maximum atomic E-state index is 13.8. The lowest BCUT2D eigenvalue weighted by atomic mass is 9.99. The molecule has 0 heterocycles. The molecule has 0 unspecified atom stereocenters. The predicted molar refractivity (Wildman–Crippen MR) is 71.9 cm³/mol. The maximum Gasteiger partial charge on any atom is 0.199 e. The van der Waals surface area contributed by atoms with Gasteiger partial charge in [0, 0.05) is 17.8 Å². The standard InChI is InChI=1S/C15H13F2NO2/c1-8-5-11(13(17)7-12(8)16)15(19)10-4-3-9(18)6-14(10)20-2/h3-7H,18H2,1-2H3. The zero-order valence-electron chi connectivity index (χ0n) is 11.0. The Morgan fingerprint density at radius 1 is 1.10 bits per heavy atom. The number of aryl methyl sites for hydroxylation is 1. The fraction of sp³-hybridized carbons (Fsp3) is 0.133. The van der Waals surface area contributed by atoms with Gasteiger partial charge in [0.1, 0.15) is 17.4 Å². The van der Waals surface area contributed by atoms with Crippen LogP contribution in [0, 0.1) is 18.6 Å². The van der Waals surface area contributed by atoms with E-state index in [0.29, 0.717) is 11.8 Å². The summed E-state index contributed by atoms with van der Waals surface area (Å²) in [6.07, 6.45) is 0. The summed E-state index contributed by atoms with van der Waals surface area (Å²) >= 11 is 0. The van der Waals surface area contributed by atoms with E-state index in [4.69, 9.17) is 10.5 Å². The van der Waals surface area contributed by atoms with Crippen molar-refractivity contribution in [1.29, 1.82) is 0 Å². The number of nitrogen functional groups attached to an aromatic ring is 1. The topological polar surface area (TPSA) is 52.3 Å². The van der Waals surface area contributed by atoms with Gasteiger partial charge >= 0.3 is 0 Å². The molecule has 0 bridgehead atoms. The molecule has 2 N–H and O–H groups in total. The lowest BCUT2D eigenvalue weighted by Gasteiger charge is -2.10. The Labute approximate surface area is 115 Å². The molecule has 0 amide bonds. The first-order chi connectivity index (χ1) is 9.43. The third-order valence-electron chi connectivity index (χ3n) is 2.96. The molecule has 0 spiro atoms. The predicted octanol–water partition coefficient (Wildman–Crippen LogP) is 3.10. The molecule has 20 heavy (non-hydrogen) atoms. The number of ketones is 1. The first-order valence-electron chi connectivity index (χ1n) is 5.88. The zero-order chi connectivity index (χ0) is 14.9. The van der Waals surface area contributed by atoms with Crippen LogP contribution in [0.3, 0.4) is 0 Å². The van der Waals surface area contributed by atoms with Gasteiger partial charge in [-0.15, -0.1) is 0 Å². The van der Waals surface area contributed by atoms with E-state index in [-0.39, 0.29) is 22.4 Å². The Bertz CT molecular complexity index is 684. The molecule has 0 aliphatic heterocycles. The molecule has 2 aromatic rings. The van der Waals surface area contributed by atoms with Crippen molar-refractivity contribution in [2.75, 3.05) is 12.8 Å². The van der Waals surface area contributed by atoms with Crippen LogP contribution in [-0.2, 0) is 0 Å². The number of anilines is 1. The van der Waals surface area contributed by atoms with Crippen LogP contribution in [0.1, 0.15) is 21.5 Å². The smallest absolute Gasteiger partial charge is 0.199 e. The van der Waals surface area contributed by atoms with Crippen molar-refractivity contribution in [2.45, 2.75) is 6.92 Å². The Kier molecular flexibility index (Phi) is 3.70. The van der Waals surface area contributed by atoms with E-state index in [0.717, 1.165) is 0 Å². The highest BCUT2D eigenvalue weighted by atomic mass is 19.1. The van der Waals surface area contributed by atoms with E-state index in [1.165, 1.54) is 38.3 Å². The molecule has 0 aliphatic carbocycles. The highest BCUT2D eigenvalue weighted by Crippen LogP contribution is 2.26. The number of carbonyl (C=O) groups excluding carboxylic acids is 1. The number of rotatable bonds is 3. The average Bonchev–Trinajstić information content (AvgIpc) is 2.42. The van der Waals surface area contributed by atoms with Gasteiger partial charge in [-0.1, -0.05) is 0 Å². The SMILES string of the molecule is COc1cc(N)ccc1C(=O)c1cc(C)c(F)cc1F. The minimum absolute atomic E-state index is 0.173. The Morgan fingerprint density at radius 3 is 2.45 bits per heavy atom. The molecule has 0 saturated carbocycles. The van der Waals surface area contributed by atoms with Crippen LogP contribution in [0.2, 0.25) is 0 Å². The molecule has 0 saturated heterocycles. The third kappa shape index (κ3) is 2.47. The maximum absolute atomic E-state index is 13.8. The number of ether oxygens (including phenoxy) is 1. The largest absolute Gasteiger partial charge is 0.496 e. The summed E-state index contributed by atoms with van der Waals surface area (Å²) in [7, 11) is 1.39. The summed E-state index contributed by atoms with van der Waals surface area (Å²) in [5, 5.41) is 0. The summed E-state index contributed by atoms with van der Waals surface area (Å²) in [6, 6.07) is 6.33. The lowest BCUT2D eigenvalue weighted by Crippen LogP contribution is -2.08. The summed E-state index contributed by atoms with van der Waals surface area (Å²) < 4.78 is 32.1. The van der Waals surface area contributed by atoms with Gasteiger partial charge in [-0.2, -0.15) is 0 Å². The normalized spacial score (nSPS) is 10.4. The molecular weight excluding hydrogens is 264 g/mol. The van der Waals surface area contributed by atoms with E-state index < -0.39 is 17.4 Å². The minimum atomic E-state index is -0.906. The van der Waals surface area contributed by atoms with Crippen LogP contribution in [-0.4, -0.2) is 12.9 Å². The molecule has 5 heteroatoms. The first kappa shape index (κ1) is 14.0. The van der Waals surface area contributed by atoms with Crippen LogP contribution in [0.5, 0.6) is 5.75 Å². The molecule has 0 aliphatic rings. The van der Waals surface area contributed by atoms with Crippen LogP contribution >= 0.6 is 0 Å². The number of benzene rings is 2. The van der Waals surface area contributed by atoms with Gasteiger partial charge in [-0.05, 0) is 30.7 Å². The van der Waals surface area contributed by atoms with E-state index >= 15 is 0 Å². The molecule has 0 fully saturated rings. The Hall–Kier alpha value is -2.43. The lowest BCUT2D eigenvalue weighted by molar-refractivity contribution is 0.103. The van der Waals surface area contributed by atoms with Crippen LogP contribution < -0.4 is 10.5 Å². The molecule has 0 aromatic heterocycles. The second-order valence-electron chi connectivity index (χ2n) is 4.37. The highest BCUT2D eigenvalue weighted by molar-refractivity contribution is 6.11. The molecule has 2 rings (SSSR count). The Morgan fingerprint density at radius 2 is 1.80 bits per heavy atom. The number of halogens is 2. The first-order valence-corrected chi connectivity index (χ1v) is 5.88. The molecule has 2 aromatic carbocycles. The van der Waals surface area contributed by atoms with Crippen molar-refractivity contribution in [3.05, 3.63) is 58.7 Å². The number of nitrogens with two attached hydrogens (primary N) is 1. The van der Waals surface area contributed by atoms with Crippen molar-refractivity contribution < 1.29 is 18.3 Å². The molecule has 0 radical (unpaired) electrons. The van der Waals surface area contributed by atoms with Gasteiger partial charge in [-0.3, -0.25) is 4.79 Å². The molecule has 104 valence electrons. The van der Waals surface area contributed by atoms with Gasteiger partial charge in [0.2, 0.25) is 0 Å². The zero-order valence-corrected chi connectivity index (χ0v) is 11.0. The highest BCUT2D eigenvalue weighted by Gasteiger charge is 2.19. The summed E-state index contributed by atoms with van der Waals surface area (Å²) in [5.41, 5.74) is 6.20. The van der Waals surface area contributed by atoms with Crippen molar-refractivity contribution in [3.8, 4) is 5.75 Å². The van der Waals surface area contributed by atoms with Crippen molar-refractivity contribution in [2.24, 2.45) is 0 Å². The third-order valence-corrected chi connectivity index (χ3v) is 2.96. The second-order valence-corrected chi connectivity index (χ2v) is 4.37. The molecular formula is C15H13F2NO2. The van der Waals surface area contributed by atoms with E-state index in [1.807, 2.05) is 0 Å². The number of carbonyl (C=O) groups is 1. The van der Waals surface area contributed by atoms with Gasteiger partial charge in [-0.25, -0.2) is 8.78 Å². The number of methoxy groups -OCH3 is 1. The average molecular weight is 277 g/mol. The summed E-state index contributed by atoms with van der Waals surface area (Å²) in [4.78, 5) is 12.3. The van der Waals surface area contributed by atoms with Crippen LogP contribution in [0.15, 0.2) is 30.3 Å². The van der Waals surface area contributed by atoms with Crippen LogP contribution in [0.25, 0.3) is 0 Å². The van der Waals surface area contributed by atoms with E-state index in [1.54, 1.807) is 0 Å². The number of hydrogen-bond acceptors (Lipinski definition) is 3. The quantitative estimate of drug-likeness (QED) is 0.693. The van der Waals surface area contributed by atoms with Crippen molar-refractivity contribution in [1.82, 2.24) is 0 Å².